The number of carboxylic acid groups (broad SMARTS) is 1. The van der Waals surface area contributed by atoms with Crippen molar-refractivity contribution >= 4 is 5.97 Å². The molecule has 1 aliphatic rings. The van der Waals surface area contributed by atoms with Crippen LogP contribution in [0, 0.1) is 5.92 Å². The van der Waals surface area contributed by atoms with Crippen LogP contribution < -0.4 is 0 Å². The van der Waals surface area contributed by atoms with E-state index < -0.39 is 11.6 Å². The van der Waals surface area contributed by atoms with Crippen LogP contribution in [0.2, 0.25) is 0 Å². The average molecular weight is 201 g/mol. The van der Waals surface area contributed by atoms with E-state index in [2.05, 4.69) is 13.8 Å². The normalized spacial score (nSPS) is 32.9. The van der Waals surface area contributed by atoms with Gasteiger partial charge < -0.3 is 10.2 Å². The third-order valence-corrected chi connectivity index (χ3v) is 3.24. The molecule has 82 valence electrons. The van der Waals surface area contributed by atoms with E-state index in [0.29, 0.717) is 12.0 Å². The fourth-order valence-electron chi connectivity index (χ4n) is 1.86. The Morgan fingerprint density at radius 2 is 2.14 bits per heavy atom. The summed E-state index contributed by atoms with van der Waals surface area (Å²) in [6.45, 7) is 6.68. The number of rotatable bonds is 3. The Bertz CT molecular complexity index is 227. The van der Waals surface area contributed by atoms with Crippen LogP contribution in [0.1, 0.15) is 27.2 Å². The molecule has 1 heterocycles. The third kappa shape index (κ3) is 2.25. The number of hydrogen-bond donors (Lipinski definition) is 2. The summed E-state index contributed by atoms with van der Waals surface area (Å²) in [6.07, 6.45) is 1.08. The molecular formula is C10H19NO3. The molecule has 0 aromatic rings. The monoisotopic (exact) mass is 201 g/mol. The lowest BCUT2D eigenvalue weighted by Gasteiger charge is -2.29. The second-order valence-corrected chi connectivity index (χ2v) is 4.56. The highest BCUT2D eigenvalue weighted by atomic mass is 16.4. The number of carbonyl (C=O) groups is 1. The van der Waals surface area contributed by atoms with Gasteiger partial charge in [0.05, 0.1) is 0 Å². The first-order chi connectivity index (χ1) is 6.34. The van der Waals surface area contributed by atoms with Gasteiger partial charge in [-0.1, -0.05) is 6.92 Å². The van der Waals surface area contributed by atoms with E-state index >= 15 is 0 Å². The maximum absolute atomic E-state index is 10.7. The molecule has 0 bridgehead atoms. The first-order valence-corrected chi connectivity index (χ1v) is 5.04. The number of likely N-dealkylation sites (tertiary alicyclic amines) is 1. The number of aliphatic carboxylic acids is 1. The van der Waals surface area contributed by atoms with Crippen molar-refractivity contribution in [3.63, 3.8) is 0 Å². The van der Waals surface area contributed by atoms with Crippen molar-refractivity contribution in [3.05, 3.63) is 0 Å². The van der Waals surface area contributed by atoms with Crippen molar-refractivity contribution in [1.29, 1.82) is 0 Å². The van der Waals surface area contributed by atoms with Gasteiger partial charge >= 0.3 is 5.97 Å². The molecule has 1 rings (SSSR count). The Morgan fingerprint density at radius 1 is 1.57 bits per heavy atom. The first-order valence-electron chi connectivity index (χ1n) is 5.04. The van der Waals surface area contributed by atoms with Crippen molar-refractivity contribution in [3.8, 4) is 0 Å². The highest BCUT2D eigenvalue weighted by Crippen LogP contribution is 2.24. The molecule has 3 atom stereocenters. The standard InChI is InChI=1S/C10H19NO3/c1-7-4-5-11(8(7)2)6-10(3,14)9(12)13/h7-8,14H,4-6H2,1-3H3,(H,12,13). The molecule has 4 nitrogen and oxygen atoms in total. The summed E-state index contributed by atoms with van der Waals surface area (Å²) in [4.78, 5) is 12.8. The Morgan fingerprint density at radius 3 is 2.50 bits per heavy atom. The molecule has 1 aliphatic heterocycles. The summed E-state index contributed by atoms with van der Waals surface area (Å²) in [7, 11) is 0. The van der Waals surface area contributed by atoms with Crippen molar-refractivity contribution in [2.75, 3.05) is 13.1 Å². The van der Waals surface area contributed by atoms with Gasteiger partial charge in [-0.05, 0) is 32.7 Å². The summed E-state index contributed by atoms with van der Waals surface area (Å²) < 4.78 is 0. The maximum atomic E-state index is 10.7. The summed E-state index contributed by atoms with van der Waals surface area (Å²) in [6, 6.07) is 0.362. The molecule has 0 radical (unpaired) electrons. The SMILES string of the molecule is CC1CCN(CC(C)(O)C(=O)O)C1C. The van der Waals surface area contributed by atoms with Gasteiger partial charge in [-0.3, -0.25) is 4.90 Å². The molecule has 0 saturated carbocycles. The van der Waals surface area contributed by atoms with Gasteiger partial charge in [-0.2, -0.15) is 0 Å². The number of β-amino-alcohol motifs (C(OH)–C–C–N with tert-alkyl or cyclic N) is 1. The molecule has 0 aromatic heterocycles. The van der Waals surface area contributed by atoms with Gasteiger partial charge in [0.25, 0.3) is 0 Å². The lowest BCUT2D eigenvalue weighted by molar-refractivity contribution is -0.158. The topological polar surface area (TPSA) is 60.8 Å². The van der Waals surface area contributed by atoms with Crippen molar-refractivity contribution in [2.24, 2.45) is 5.92 Å². The van der Waals surface area contributed by atoms with Gasteiger partial charge in [0, 0.05) is 12.6 Å². The lowest BCUT2D eigenvalue weighted by atomic mass is 10.0. The summed E-state index contributed by atoms with van der Waals surface area (Å²) >= 11 is 0. The molecule has 0 aliphatic carbocycles. The van der Waals surface area contributed by atoms with E-state index in [1.807, 2.05) is 4.90 Å². The summed E-state index contributed by atoms with van der Waals surface area (Å²) in [5.74, 6) is -0.566. The van der Waals surface area contributed by atoms with Gasteiger partial charge in [0.1, 0.15) is 0 Å². The molecule has 0 spiro atoms. The average Bonchev–Trinajstić information content (AvgIpc) is 2.35. The zero-order valence-electron chi connectivity index (χ0n) is 9.03. The Kier molecular flexibility index (Phi) is 3.17. The van der Waals surface area contributed by atoms with E-state index in [0.717, 1.165) is 13.0 Å². The molecule has 3 unspecified atom stereocenters. The van der Waals surface area contributed by atoms with Crippen molar-refractivity contribution in [2.45, 2.75) is 38.8 Å². The Hall–Kier alpha value is -0.610. The van der Waals surface area contributed by atoms with Gasteiger partial charge in [0.2, 0.25) is 0 Å². The van der Waals surface area contributed by atoms with Crippen LogP contribution in [-0.2, 0) is 4.79 Å². The number of hydrogen-bond acceptors (Lipinski definition) is 3. The molecule has 1 fully saturated rings. The van der Waals surface area contributed by atoms with Gasteiger partial charge in [-0.25, -0.2) is 4.79 Å². The van der Waals surface area contributed by atoms with Crippen molar-refractivity contribution in [1.82, 2.24) is 4.90 Å². The molecule has 4 heteroatoms. The minimum atomic E-state index is -1.63. The van der Waals surface area contributed by atoms with Gasteiger partial charge in [0.15, 0.2) is 5.60 Å². The van der Waals surface area contributed by atoms with Crippen LogP contribution in [-0.4, -0.2) is 45.8 Å². The minimum Gasteiger partial charge on any atom is -0.479 e. The first kappa shape index (κ1) is 11.5. The minimum absolute atomic E-state index is 0.216. The molecule has 2 N–H and O–H groups in total. The second kappa shape index (κ2) is 3.87. The predicted octanol–water partition coefficient (Wildman–Crippen LogP) is 0.552. The van der Waals surface area contributed by atoms with Crippen LogP contribution >= 0.6 is 0 Å². The maximum Gasteiger partial charge on any atom is 0.336 e. The highest BCUT2D eigenvalue weighted by molar-refractivity contribution is 5.76. The molecule has 0 aromatic carbocycles. The largest absolute Gasteiger partial charge is 0.479 e. The van der Waals surface area contributed by atoms with E-state index in [1.54, 1.807) is 0 Å². The van der Waals surface area contributed by atoms with Crippen LogP contribution in [0.15, 0.2) is 0 Å². The second-order valence-electron chi connectivity index (χ2n) is 4.56. The smallest absolute Gasteiger partial charge is 0.336 e. The Labute approximate surface area is 84.5 Å². The quantitative estimate of drug-likeness (QED) is 0.700. The molecular weight excluding hydrogens is 182 g/mol. The summed E-state index contributed by atoms with van der Waals surface area (Å²) in [5, 5.41) is 18.4. The van der Waals surface area contributed by atoms with E-state index in [9.17, 15) is 9.90 Å². The molecule has 14 heavy (non-hydrogen) atoms. The predicted molar refractivity (Wildman–Crippen MR) is 53.1 cm³/mol. The molecule has 1 saturated heterocycles. The van der Waals surface area contributed by atoms with Gasteiger partial charge in [-0.15, -0.1) is 0 Å². The van der Waals surface area contributed by atoms with Crippen LogP contribution in [0.25, 0.3) is 0 Å². The third-order valence-electron chi connectivity index (χ3n) is 3.24. The number of aliphatic hydroxyl groups is 1. The van der Waals surface area contributed by atoms with Crippen LogP contribution in [0.3, 0.4) is 0 Å². The zero-order chi connectivity index (χ0) is 10.9. The van der Waals surface area contributed by atoms with Crippen molar-refractivity contribution < 1.29 is 15.0 Å². The van der Waals surface area contributed by atoms with E-state index in [4.69, 9.17) is 5.11 Å². The number of carboxylic acids is 1. The van der Waals surface area contributed by atoms with E-state index in [1.165, 1.54) is 6.92 Å². The van der Waals surface area contributed by atoms with E-state index in [-0.39, 0.29) is 6.54 Å². The Balaban J connectivity index is 2.57. The zero-order valence-corrected chi connectivity index (χ0v) is 9.03. The lowest BCUT2D eigenvalue weighted by Crippen LogP contribution is -2.48. The van der Waals surface area contributed by atoms with Crippen LogP contribution in [0.4, 0.5) is 0 Å². The highest BCUT2D eigenvalue weighted by Gasteiger charge is 2.37. The fourth-order valence-corrected chi connectivity index (χ4v) is 1.86. The molecule has 0 amide bonds. The number of nitrogens with zero attached hydrogens (tertiary/aromatic N) is 1. The van der Waals surface area contributed by atoms with Crippen LogP contribution in [0.5, 0.6) is 0 Å². The fraction of sp³-hybridized carbons (Fsp3) is 0.900. The summed E-state index contributed by atoms with van der Waals surface area (Å²) in [5.41, 5.74) is -1.63.